The van der Waals surface area contributed by atoms with E-state index in [1.165, 1.54) is 0 Å². The first-order valence-corrected chi connectivity index (χ1v) is 9.94. The molecular weight excluding hydrogens is 390 g/mol. The first kappa shape index (κ1) is 19.2. The number of nitrogens with one attached hydrogen (secondary N) is 2. The lowest BCUT2D eigenvalue weighted by atomic mass is 10.1. The number of hydrogen-bond acceptors (Lipinski definition) is 4. The molecule has 1 fully saturated rings. The van der Waals surface area contributed by atoms with E-state index in [1.54, 1.807) is 54.6 Å². The van der Waals surface area contributed by atoms with Crippen LogP contribution in [-0.2, 0) is 9.59 Å². The van der Waals surface area contributed by atoms with E-state index in [9.17, 15) is 14.4 Å². The molecule has 29 heavy (non-hydrogen) atoms. The fraction of sp³-hybridized carbons (Fsp3) is 0.227. The van der Waals surface area contributed by atoms with E-state index in [0.29, 0.717) is 16.9 Å². The van der Waals surface area contributed by atoms with E-state index in [2.05, 4.69) is 10.6 Å². The number of rotatable bonds is 5. The van der Waals surface area contributed by atoms with E-state index in [4.69, 9.17) is 11.6 Å². The van der Waals surface area contributed by atoms with E-state index in [0.717, 1.165) is 30.6 Å². The van der Waals surface area contributed by atoms with Crippen molar-refractivity contribution < 1.29 is 14.4 Å². The summed E-state index contributed by atoms with van der Waals surface area (Å²) in [6, 6.07) is 15.6. The number of imide groups is 1. The van der Waals surface area contributed by atoms with Gasteiger partial charge in [0.15, 0.2) is 0 Å². The van der Waals surface area contributed by atoms with Gasteiger partial charge in [-0.25, -0.2) is 4.90 Å². The molecule has 0 radical (unpaired) electrons. The third-order valence-corrected chi connectivity index (χ3v) is 5.48. The molecule has 0 saturated heterocycles. The number of anilines is 2. The Kier molecular flexibility index (Phi) is 5.36. The van der Waals surface area contributed by atoms with Crippen LogP contribution in [0.25, 0.3) is 0 Å². The monoisotopic (exact) mass is 409 g/mol. The van der Waals surface area contributed by atoms with Crippen LogP contribution in [0.15, 0.2) is 65.3 Å². The van der Waals surface area contributed by atoms with Gasteiger partial charge in [-0.2, -0.15) is 0 Å². The van der Waals surface area contributed by atoms with Crippen molar-refractivity contribution in [2.75, 3.05) is 10.2 Å². The number of carbonyl (C=O) groups is 3. The maximum atomic E-state index is 12.8. The number of para-hydroxylation sites is 1. The molecule has 0 spiro atoms. The fourth-order valence-corrected chi connectivity index (χ4v) is 3.86. The van der Waals surface area contributed by atoms with Gasteiger partial charge in [0.25, 0.3) is 17.7 Å². The zero-order chi connectivity index (χ0) is 20.4. The number of amides is 3. The topological polar surface area (TPSA) is 78.5 Å². The lowest BCUT2D eigenvalue weighted by molar-refractivity contribution is -0.120. The van der Waals surface area contributed by atoms with E-state index in [1.807, 2.05) is 0 Å². The third kappa shape index (κ3) is 3.89. The van der Waals surface area contributed by atoms with Gasteiger partial charge in [-0.1, -0.05) is 48.7 Å². The minimum atomic E-state index is -0.583. The number of carbonyl (C=O) groups excluding carboxylic acids is 3. The second-order valence-corrected chi connectivity index (χ2v) is 7.51. The fourth-order valence-electron chi connectivity index (χ4n) is 3.64. The summed E-state index contributed by atoms with van der Waals surface area (Å²) in [5.74, 6) is -1.27. The van der Waals surface area contributed by atoms with Crippen LogP contribution in [0.1, 0.15) is 36.0 Å². The predicted molar refractivity (Wildman–Crippen MR) is 112 cm³/mol. The van der Waals surface area contributed by atoms with Crippen molar-refractivity contribution in [3.63, 3.8) is 0 Å². The van der Waals surface area contributed by atoms with Crippen LogP contribution < -0.4 is 15.5 Å². The molecule has 2 aliphatic rings. The highest BCUT2D eigenvalue weighted by Crippen LogP contribution is 2.30. The molecule has 3 amide bonds. The molecule has 148 valence electrons. The molecule has 1 aliphatic carbocycles. The van der Waals surface area contributed by atoms with E-state index >= 15 is 0 Å². The standard InChI is InChI=1S/C22H20ClN3O3/c23-18-19(22(29)26(21(18)28)17-11-2-1-3-12-17)24-16-10-6-7-14(13-16)20(27)25-15-8-4-5-9-15/h1-3,6-7,10-13,15,24H,4-5,8-9H2,(H,25,27). The quantitative estimate of drug-likeness (QED) is 0.736. The second-order valence-electron chi connectivity index (χ2n) is 7.13. The van der Waals surface area contributed by atoms with Crippen molar-refractivity contribution in [3.05, 3.63) is 70.9 Å². The van der Waals surface area contributed by atoms with Crippen molar-refractivity contribution in [2.24, 2.45) is 0 Å². The summed E-state index contributed by atoms with van der Waals surface area (Å²) >= 11 is 6.16. The van der Waals surface area contributed by atoms with Gasteiger partial charge in [-0.15, -0.1) is 0 Å². The molecule has 0 unspecified atom stereocenters. The average molecular weight is 410 g/mol. The first-order chi connectivity index (χ1) is 14.0. The van der Waals surface area contributed by atoms with Gasteiger partial charge in [0.2, 0.25) is 0 Å². The Labute approximate surface area is 173 Å². The van der Waals surface area contributed by atoms with Crippen LogP contribution in [0.3, 0.4) is 0 Å². The number of halogens is 1. The minimum absolute atomic E-state index is 0.00568. The van der Waals surface area contributed by atoms with Crippen molar-refractivity contribution >= 4 is 40.7 Å². The maximum absolute atomic E-state index is 12.8. The smallest absolute Gasteiger partial charge is 0.283 e. The Morgan fingerprint density at radius 1 is 0.966 bits per heavy atom. The SMILES string of the molecule is O=C(NC1CCCC1)c1cccc(NC2=C(Cl)C(=O)N(c3ccccc3)C2=O)c1. The lowest BCUT2D eigenvalue weighted by Gasteiger charge is -2.15. The first-order valence-electron chi connectivity index (χ1n) is 9.56. The van der Waals surface area contributed by atoms with Crippen LogP contribution in [0.4, 0.5) is 11.4 Å². The minimum Gasteiger partial charge on any atom is -0.350 e. The van der Waals surface area contributed by atoms with Gasteiger partial charge in [0.05, 0.1) is 5.69 Å². The Morgan fingerprint density at radius 2 is 1.69 bits per heavy atom. The molecule has 1 saturated carbocycles. The summed E-state index contributed by atoms with van der Waals surface area (Å²) in [7, 11) is 0. The van der Waals surface area contributed by atoms with Crippen molar-refractivity contribution in [1.82, 2.24) is 5.32 Å². The van der Waals surface area contributed by atoms with Gasteiger partial charge in [-0.05, 0) is 43.2 Å². The highest BCUT2D eigenvalue weighted by Gasteiger charge is 2.38. The molecule has 6 nitrogen and oxygen atoms in total. The number of nitrogens with zero attached hydrogens (tertiary/aromatic N) is 1. The molecule has 2 N–H and O–H groups in total. The summed E-state index contributed by atoms with van der Waals surface area (Å²) in [6.45, 7) is 0. The summed E-state index contributed by atoms with van der Waals surface area (Å²) in [6.07, 6.45) is 4.26. The normalized spacial score (nSPS) is 17.2. The number of hydrogen-bond donors (Lipinski definition) is 2. The van der Waals surface area contributed by atoms with Crippen LogP contribution in [0.2, 0.25) is 0 Å². The van der Waals surface area contributed by atoms with E-state index < -0.39 is 11.8 Å². The predicted octanol–water partition coefficient (Wildman–Crippen LogP) is 3.79. The summed E-state index contributed by atoms with van der Waals surface area (Å²) in [4.78, 5) is 38.8. The number of benzene rings is 2. The van der Waals surface area contributed by atoms with Gasteiger partial charge >= 0.3 is 0 Å². The molecule has 0 atom stereocenters. The molecule has 4 rings (SSSR count). The third-order valence-electron chi connectivity index (χ3n) is 5.13. The summed E-state index contributed by atoms with van der Waals surface area (Å²) in [5, 5.41) is 5.77. The van der Waals surface area contributed by atoms with Crippen LogP contribution in [-0.4, -0.2) is 23.8 Å². The van der Waals surface area contributed by atoms with Gasteiger partial charge < -0.3 is 10.6 Å². The van der Waals surface area contributed by atoms with E-state index in [-0.39, 0.29) is 22.7 Å². The molecule has 0 bridgehead atoms. The maximum Gasteiger partial charge on any atom is 0.283 e. The Morgan fingerprint density at radius 3 is 2.41 bits per heavy atom. The van der Waals surface area contributed by atoms with Gasteiger partial charge in [0, 0.05) is 17.3 Å². The molecule has 1 heterocycles. The highest BCUT2D eigenvalue weighted by molar-refractivity contribution is 6.53. The largest absolute Gasteiger partial charge is 0.350 e. The zero-order valence-corrected chi connectivity index (χ0v) is 16.4. The molecule has 7 heteroatoms. The summed E-state index contributed by atoms with van der Waals surface area (Å²) < 4.78 is 0. The molecular formula is C22H20ClN3O3. The summed E-state index contributed by atoms with van der Waals surface area (Å²) in [5.41, 5.74) is 1.43. The average Bonchev–Trinajstić information content (AvgIpc) is 3.32. The Balaban J connectivity index is 1.52. The second kappa shape index (κ2) is 8.09. The highest BCUT2D eigenvalue weighted by atomic mass is 35.5. The molecule has 1 aliphatic heterocycles. The molecule has 2 aromatic rings. The lowest BCUT2D eigenvalue weighted by Crippen LogP contribution is -2.32. The molecule has 2 aromatic carbocycles. The van der Waals surface area contributed by atoms with Crippen LogP contribution >= 0.6 is 11.6 Å². The van der Waals surface area contributed by atoms with Crippen molar-refractivity contribution in [2.45, 2.75) is 31.7 Å². The van der Waals surface area contributed by atoms with Crippen LogP contribution in [0, 0.1) is 0 Å². The zero-order valence-electron chi connectivity index (χ0n) is 15.7. The van der Waals surface area contributed by atoms with Gasteiger partial charge in [0.1, 0.15) is 10.7 Å². The van der Waals surface area contributed by atoms with Crippen molar-refractivity contribution in [1.29, 1.82) is 0 Å². The Hall–Kier alpha value is -3.12. The van der Waals surface area contributed by atoms with Gasteiger partial charge in [-0.3, -0.25) is 14.4 Å². The van der Waals surface area contributed by atoms with Crippen LogP contribution in [0.5, 0.6) is 0 Å². The Bertz CT molecular complexity index is 997. The molecule has 0 aromatic heterocycles. The van der Waals surface area contributed by atoms with Crippen molar-refractivity contribution in [3.8, 4) is 0 Å².